The molecule has 1 aromatic rings. The Morgan fingerprint density at radius 1 is 1.08 bits per heavy atom. The third kappa shape index (κ3) is 4.99. The number of methoxy groups -OCH3 is 2. The molecule has 1 amide bonds. The minimum atomic E-state index is -0.312. The summed E-state index contributed by atoms with van der Waals surface area (Å²) in [5.74, 6) is 1.37. The van der Waals surface area contributed by atoms with Gasteiger partial charge in [-0.1, -0.05) is 19.8 Å². The van der Waals surface area contributed by atoms with Crippen molar-refractivity contribution < 1.29 is 14.3 Å². The van der Waals surface area contributed by atoms with Crippen LogP contribution in [-0.2, 0) is 0 Å². The molecule has 0 heterocycles. The molecular weight excluding hydrogens is 326 g/mol. The molecule has 1 aromatic carbocycles. The number of amides is 1. The highest BCUT2D eigenvalue weighted by molar-refractivity contribution is 7.80. The average Bonchev–Trinajstić information content (AvgIpc) is 2.61. The SMILES string of the molecule is COc1cc(OC)cc(C(=O)NNC(=S)N[C@@H]2CCCC[C@H]2C)c1. The Labute approximate surface area is 148 Å². The first-order valence-corrected chi connectivity index (χ1v) is 8.54. The first kappa shape index (κ1) is 18.3. The van der Waals surface area contributed by atoms with Crippen LogP contribution in [0.15, 0.2) is 18.2 Å². The lowest BCUT2D eigenvalue weighted by Crippen LogP contribution is -2.51. The lowest BCUT2D eigenvalue weighted by molar-refractivity contribution is 0.0942. The Morgan fingerprint density at radius 3 is 2.29 bits per heavy atom. The fourth-order valence-corrected chi connectivity index (χ4v) is 3.06. The molecule has 0 unspecified atom stereocenters. The second-order valence-electron chi connectivity index (χ2n) is 6.02. The van der Waals surface area contributed by atoms with Crippen molar-refractivity contribution in [3.8, 4) is 11.5 Å². The summed E-state index contributed by atoms with van der Waals surface area (Å²) in [6.45, 7) is 2.22. The highest BCUT2D eigenvalue weighted by Crippen LogP contribution is 2.24. The Kier molecular flexibility index (Phi) is 6.66. The van der Waals surface area contributed by atoms with E-state index < -0.39 is 0 Å². The average molecular weight is 351 g/mol. The molecule has 1 aliphatic carbocycles. The van der Waals surface area contributed by atoms with E-state index in [0.717, 1.165) is 6.42 Å². The Morgan fingerprint density at radius 2 is 1.71 bits per heavy atom. The fourth-order valence-electron chi connectivity index (χ4n) is 2.86. The fraction of sp³-hybridized carbons (Fsp3) is 0.529. The topological polar surface area (TPSA) is 71.6 Å². The summed E-state index contributed by atoms with van der Waals surface area (Å²) in [4.78, 5) is 12.3. The second-order valence-corrected chi connectivity index (χ2v) is 6.43. The van der Waals surface area contributed by atoms with Gasteiger partial charge in [-0.05, 0) is 43.1 Å². The van der Waals surface area contributed by atoms with Gasteiger partial charge in [-0.25, -0.2) is 0 Å². The summed E-state index contributed by atoms with van der Waals surface area (Å²) in [7, 11) is 3.08. The molecule has 6 nitrogen and oxygen atoms in total. The minimum absolute atomic E-state index is 0.312. The smallest absolute Gasteiger partial charge is 0.269 e. The third-order valence-electron chi connectivity index (χ3n) is 4.33. The predicted molar refractivity (Wildman–Crippen MR) is 97.3 cm³/mol. The van der Waals surface area contributed by atoms with Crippen molar-refractivity contribution in [2.24, 2.45) is 5.92 Å². The van der Waals surface area contributed by atoms with Crippen LogP contribution in [0.2, 0.25) is 0 Å². The van der Waals surface area contributed by atoms with E-state index in [2.05, 4.69) is 23.1 Å². The molecule has 0 aromatic heterocycles. The van der Waals surface area contributed by atoms with Crippen molar-refractivity contribution in [2.75, 3.05) is 14.2 Å². The second kappa shape index (κ2) is 8.73. The molecule has 2 rings (SSSR count). The molecule has 0 radical (unpaired) electrons. The van der Waals surface area contributed by atoms with Crippen LogP contribution in [0.25, 0.3) is 0 Å². The van der Waals surface area contributed by atoms with Gasteiger partial charge < -0.3 is 14.8 Å². The standard InChI is InChI=1S/C17H25N3O3S/c1-11-6-4-5-7-15(11)18-17(24)20-19-16(21)12-8-13(22-2)10-14(9-12)23-3/h8-11,15H,4-7H2,1-3H3,(H,19,21)(H2,18,20,24)/t11-,15-/m1/s1. The lowest BCUT2D eigenvalue weighted by Gasteiger charge is -2.30. The van der Waals surface area contributed by atoms with E-state index in [1.54, 1.807) is 32.4 Å². The molecule has 1 aliphatic rings. The molecule has 132 valence electrons. The normalized spacial score (nSPS) is 20.0. The maximum absolute atomic E-state index is 12.3. The number of carbonyl (C=O) groups excluding carboxylic acids is 1. The molecule has 0 spiro atoms. The van der Waals surface area contributed by atoms with E-state index in [1.807, 2.05) is 0 Å². The number of hydrogen-bond donors (Lipinski definition) is 3. The predicted octanol–water partition coefficient (Wildman–Crippen LogP) is 2.39. The van der Waals surface area contributed by atoms with Crippen molar-refractivity contribution in [1.82, 2.24) is 16.2 Å². The van der Waals surface area contributed by atoms with Gasteiger partial charge in [0.2, 0.25) is 0 Å². The summed E-state index contributed by atoms with van der Waals surface area (Å²) < 4.78 is 10.3. The van der Waals surface area contributed by atoms with Gasteiger partial charge >= 0.3 is 0 Å². The van der Waals surface area contributed by atoms with Crippen molar-refractivity contribution in [2.45, 2.75) is 38.6 Å². The zero-order valence-corrected chi connectivity index (χ0v) is 15.2. The van der Waals surface area contributed by atoms with Gasteiger partial charge in [-0.2, -0.15) is 0 Å². The zero-order valence-electron chi connectivity index (χ0n) is 14.3. The van der Waals surface area contributed by atoms with Crippen LogP contribution in [0, 0.1) is 5.92 Å². The minimum Gasteiger partial charge on any atom is -0.497 e. The number of carbonyl (C=O) groups is 1. The van der Waals surface area contributed by atoms with Gasteiger partial charge in [0.15, 0.2) is 5.11 Å². The molecule has 0 saturated heterocycles. The van der Waals surface area contributed by atoms with Crippen molar-refractivity contribution in [1.29, 1.82) is 0 Å². The molecule has 1 saturated carbocycles. The summed E-state index contributed by atoms with van der Waals surface area (Å²) in [5.41, 5.74) is 5.79. The van der Waals surface area contributed by atoms with Gasteiger partial charge in [0.05, 0.1) is 14.2 Å². The van der Waals surface area contributed by atoms with E-state index >= 15 is 0 Å². The monoisotopic (exact) mass is 351 g/mol. The van der Waals surface area contributed by atoms with E-state index in [9.17, 15) is 4.79 Å². The molecule has 7 heteroatoms. The van der Waals surface area contributed by atoms with E-state index in [0.29, 0.717) is 34.1 Å². The van der Waals surface area contributed by atoms with Crippen LogP contribution in [-0.4, -0.2) is 31.3 Å². The quantitative estimate of drug-likeness (QED) is 0.571. The summed E-state index contributed by atoms with van der Waals surface area (Å²) >= 11 is 5.27. The van der Waals surface area contributed by atoms with E-state index in [4.69, 9.17) is 21.7 Å². The third-order valence-corrected chi connectivity index (χ3v) is 4.55. The number of ether oxygens (including phenoxy) is 2. The van der Waals surface area contributed by atoms with Gasteiger partial charge in [-0.3, -0.25) is 15.6 Å². The maximum atomic E-state index is 12.3. The Balaban J connectivity index is 1.89. The van der Waals surface area contributed by atoms with E-state index in [1.165, 1.54) is 19.3 Å². The number of hydrogen-bond acceptors (Lipinski definition) is 4. The summed E-state index contributed by atoms with van der Waals surface area (Å²) in [6.07, 6.45) is 4.79. The molecule has 1 fully saturated rings. The van der Waals surface area contributed by atoms with Crippen LogP contribution in [0.3, 0.4) is 0 Å². The van der Waals surface area contributed by atoms with Gasteiger partial charge in [0.25, 0.3) is 5.91 Å². The van der Waals surface area contributed by atoms with Crippen LogP contribution < -0.4 is 25.6 Å². The van der Waals surface area contributed by atoms with Crippen LogP contribution in [0.1, 0.15) is 43.0 Å². The number of thiocarbonyl (C=S) groups is 1. The molecular formula is C17H25N3O3S. The molecule has 0 aliphatic heterocycles. The van der Waals surface area contributed by atoms with Gasteiger partial charge in [0, 0.05) is 17.7 Å². The number of benzene rings is 1. The van der Waals surface area contributed by atoms with Gasteiger partial charge in [-0.15, -0.1) is 0 Å². The lowest BCUT2D eigenvalue weighted by atomic mass is 9.86. The molecule has 3 N–H and O–H groups in total. The van der Waals surface area contributed by atoms with Crippen molar-refractivity contribution >= 4 is 23.2 Å². The number of hydrazine groups is 1. The zero-order chi connectivity index (χ0) is 17.5. The largest absolute Gasteiger partial charge is 0.497 e. The number of nitrogens with one attached hydrogen (secondary N) is 3. The molecule has 24 heavy (non-hydrogen) atoms. The van der Waals surface area contributed by atoms with E-state index in [-0.39, 0.29) is 5.91 Å². The highest BCUT2D eigenvalue weighted by atomic mass is 32.1. The van der Waals surface area contributed by atoms with Crippen LogP contribution >= 0.6 is 12.2 Å². The highest BCUT2D eigenvalue weighted by Gasteiger charge is 2.21. The van der Waals surface area contributed by atoms with Crippen molar-refractivity contribution in [3.63, 3.8) is 0 Å². The van der Waals surface area contributed by atoms with Crippen LogP contribution in [0.4, 0.5) is 0 Å². The first-order chi connectivity index (χ1) is 11.5. The van der Waals surface area contributed by atoms with Crippen LogP contribution in [0.5, 0.6) is 11.5 Å². The molecule has 2 atom stereocenters. The maximum Gasteiger partial charge on any atom is 0.269 e. The van der Waals surface area contributed by atoms with Crippen molar-refractivity contribution in [3.05, 3.63) is 23.8 Å². The number of rotatable bonds is 4. The van der Waals surface area contributed by atoms with Gasteiger partial charge in [0.1, 0.15) is 11.5 Å². The summed E-state index contributed by atoms with van der Waals surface area (Å²) in [5, 5.41) is 3.70. The first-order valence-electron chi connectivity index (χ1n) is 8.13. The Bertz CT molecular complexity index is 572. The Hall–Kier alpha value is -2.02. The molecule has 0 bridgehead atoms. The summed E-state index contributed by atoms with van der Waals surface area (Å²) in [6, 6.07) is 5.34.